The van der Waals surface area contributed by atoms with Crippen LogP contribution in [0, 0.1) is 13.8 Å². The van der Waals surface area contributed by atoms with Crippen LogP contribution >= 0.6 is 0 Å². The normalized spacial score (nSPS) is 8.70. The summed E-state index contributed by atoms with van der Waals surface area (Å²) >= 11 is 1.51. The van der Waals surface area contributed by atoms with E-state index >= 15 is 0 Å². The molecule has 1 aromatic carbocycles. The van der Waals surface area contributed by atoms with Gasteiger partial charge in [0.05, 0.1) is 0 Å². The molecule has 0 unspecified atom stereocenters. The Morgan fingerprint density at radius 1 is 1.20 bits per heavy atom. The molecule has 2 heteroatoms. The fraction of sp³-hybridized carbons (Fsp3) is 0.250. The second-order valence-electron chi connectivity index (χ2n) is 2.25. The van der Waals surface area contributed by atoms with Gasteiger partial charge in [-0.25, -0.2) is 0 Å². The Morgan fingerprint density at radius 3 is 2.20 bits per heavy atom. The molecule has 0 atom stereocenters. The summed E-state index contributed by atoms with van der Waals surface area (Å²) in [5.74, 6) is 0. The van der Waals surface area contributed by atoms with Crippen molar-refractivity contribution in [2.75, 3.05) is 0 Å². The molecule has 0 amide bonds. The van der Waals surface area contributed by atoms with Gasteiger partial charge in [0, 0.05) is 0 Å². The van der Waals surface area contributed by atoms with E-state index in [1.807, 2.05) is 0 Å². The molecule has 53 valence electrons. The molecule has 1 rings (SSSR count). The summed E-state index contributed by atoms with van der Waals surface area (Å²) in [7, 11) is 0. The molecule has 0 saturated carbocycles. The van der Waals surface area contributed by atoms with E-state index in [-0.39, 0.29) is 5.48 Å². The summed E-state index contributed by atoms with van der Waals surface area (Å²) in [6.45, 7) is 4.34. The fourth-order valence-electron chi connectivity index (χ4n) is 0.751. The predicted molar refractivity (Wildman–Crippen MR) is 44.9 cm³/mol. The summed E-state index contributed by atoms with van der Waals surface area (Å²) in [6, 6.07) is 6.45. The number of aryl methyl sites for hydroxylation is 1. The Kier molecular flexibility index (Phi) is 3.97. The zero-order valence-electron chi connectivity index (χ0n) is 6.23. The standard InChI is InChI=1S/C8H9.H2O.Sn/c1-7-5-3-4-6-8(7)2;;/h3-5H,1-2H3;1H2;. The molecule has 0 saturated heterocycles. The molecule has 0 aliphatic rings. The van der Waals surface area contributed by atoms with Crippen LogP contribution in [0.4, 0.5) is 0 Å². The summed E-state index contributed by atoms with van der Waals surface area (Å²) in [4.78, 5) is 0. The fourth-order valence-corrected chi connectivity index (χ4v) is 1.59. The smallest absolute Gasteiger partial charge is 0.412 e. The Bertz CT molecular complexity index is 200. The maximum Gasteiger partial charge on any atom is -0.412 e. The second kappa shape index (κ2) is 3.98. The van der Waals surface area contributed by atoms with E-state index < -0.39 is 0 Å². The van der Waals surface area contributed by atoms with E-state index in [1.165, 1.54) is 37.2 Å². The first kappa shape index (κ1) is 9.98. The Hall–Kier alpha value is -0.0213. The summed E-state index contributed by atoms with van der Waals surface area (Å²) < 4.78 is 1.47. The van der Waals surface area contributed by atoms with Crippen molar-refractivity contribution in [1.29, 1.82) is 0 Å². The number of hydrogen-bond donors (Lipinski definition) is 0. The zero-order chi connectivity index (χ0) is 6.85. The maximum atomic E-state index is 2.18. The quantitative estimate of drug-likeness (QED) is 0.585. The summed E-state index contributed by atoms with van der Waals surface area (Å²) in [6.07, 6.45) is 0. The Morgan fingerprint density at radius 2 is 1.80 bits per heavy atom. The molecule has 0 fully saturated rings. The van der Waals surface area contributed by atoms with Crippen molar-refractivity contribution in [2.45, 2.75) is 13.8 Å². The molecule has 0 heterocycles. The van der Waals surface area contributed by atoms with Gasteiger partial charge in [0.2, 0.25) is 0 Å². The average Bonchev–Trinajstić information content (AvgIpc) is 1.83. The van der Waals surface area contributed by atoms with E-state index in [9.17, 15) is 0 Å². The molecule has 1 aromatic rings. The van der Waals surface area contributed by atoms with Crippen LogP contribution in [0.15, 0.2) is 18.2 Å². The van der Waals surface area contributed by atoms with E-state index in [4.69, 9.17) is 0 Å². The Balaban J connectivity index is 0.000000810. The van der Waals surface area contributed by atoms with E-state index in [0.717, 1.165) is 0 Å². The van der Waals surface area contributed by atoms with Crippen molar-refractivity contribution >= 4 is 26.1 Å². The SMILES string of the molecule is Cc1ccc[c]([Sn])c1C.O. The molecule has 3 radical (unpaired) electrons. The third-order valence-corrected chi connectivity index (χ3v) is 3.15. The van der Waals surface area contributed by atoms with Gasteiger partial charge in [0.1, 0.15) is 0 Å². The van der Waals surface area contributed by atoms with Crippen LogP contribution in [0.25, 0.3) is 0 Å². The number of hydrogen-bond acceptors (Lipinski definition) is 0. The van der Waals surface area contributed by atoms with Crippen molar-refractivity contribution in [3.8, 4) is 0 Å². The minimum Gasteiger partial charge on any atom is -0.412 e. The zero-order valence-corrected chi connectivity index (χ0v) is 9.09. The number of benzene rings is 1. The third-order valence-electron chi connectivity index (χ3n) is 1.60. The van der Waals surface area contributed by atoms with Gasteiger partial charge >= 0.3 is 69.3 Å². The van der Waals surface area contributed by atoms with Gasteiger partial charge in [-0.2, -0.15) is 0 Å². The van der Waals surface area contributed by atoms with E-state index in [0.29, 0.717) is 0 Å². The second-order valence-corrected chi connectivity index (χ2v) is 3.78. The van der Waals surface area contributed by atoms with Gasteiger partial charge in [-0.1, -0.05) is 0 Å². The van der Waals surface area contributed by atoms with Gasteiger partial charge in [-0.15, -0.1) is 0 Å². The van der Waals surface area contributed by atoms with Gasteiger partial charge in [-0.3, -0.25) is 0 Å². The summed E-state index contributed by atoms with van der Waals surface area (Å²) in [5, 5.41) is 0. The van der Waals surface area contributed by atoms with E-state index in [1.54, 1.807) is 0 Å². The summed E-state index contributed by atoms with van der Waals surface area (Å²) in [5.41, 5.74) is 2.86. The van der Waals surface area contributed by atoms with Crippen LogP contribution in [0.3, 0.4) is 0 Å². The van der Waals surface area contributed by atoms with Crippen molar-refractivity contribution in [1.82, 2.24) is 0 Å². The Labute approximate surface area is 74.9 Å². The monoisotopic (exact) mass is 243 g/mol. The molecule has 0 aromatic heterocycles. The van der Waals surface area contributed by atoms with Crippen molar-refractivity contribution in [2.24, 2.45) is 0 Å². The molecular formula is C8H11OSn. The van der Waals surface area contributed by atoms with Crippen LogP contribution in [0.1, 0.15) is 11.1 Å². The van der Waals surface area contributed by atoms with Crippen molar-refractivity contribution in [3.05, 3.63) is 29.3 Å². The van der Waals surface area contributed by atoms with Gasteiger partial charge in [-0.05, 0) is 0 Å². The molecule has 0 spiro atoms. The molecule has 0 aliphatic carbocycles. The van der Waals surface area contributed by atoms with E-state index in [2.05, 4.69) is 32.0 Å². The minimum absolute atomic E-state index is 0. The minimum atomic E-state index is 0. The molecule has 10 heavy (non-hydrogen) atoms. The molecular weight excluding hydrogens is 231 g/mol. The molecule has 0 bridgehead atoms. The first-order valence-corrected chi connectivity index (χ1v) is 4.42. The third kappa shape index (κ3) is 1.99. The topological polar surface area (TPSA) is 31.5 Å². The average molecular weight is 242 g/mol. The first-order valence-electron chi connectivity index (χ1n) is 2.99. The van der Waals surface area contributed by atoms with Gasteiger partial charge in [0.15, 0.2) is 0 Å². The van der Waals surface area contributed by atoms with Crippen LogP contribution in [0.5, 0.6) is 0 Å². The van der Waals surface area contributed by atoms with Gasteiger partial charge in [0.25, 0.3) is 0 Å². The van der Waals surface area contributed by atoms with Crippen LogP contribution in [-0.2, 0) is 0 Å². The van der Waals surface area contributed by atoms with Crippen molar-refractivity contribution in [3.63, 3.8) is 0 Å². The van der Waals surface area contributed by atoms with Crippen LogP contribution < -0.4 is 3.58 Å². The number of rotatable bonds is 0. The van der Waals surface area contributed by atoms with Crippen LogP contribution in [0.2, 0.25) is 0 Å². The largest absolute Gasteiger partial charge is 0.412 e. The molecule has 0 aliphatic heterocycles. The molecule has 1 nitrogen and oxygen atoms in total. The predicted octanol–water partition coefficient (Wildman–Crippen LogP) is 0.273. The maximum absolute atomic E-state index is 2.18. The first-order chi connectivity index (χ1) is 4.22. The van der Waals surface area contributed by atoms with Gasteiger partial charge < -0.3 is 5.48 Å². The molecule has 2 N–H and O–H groups in total. The van der Waals surface area contributed by atoms with Crippen LogP contribution in [-0.4, -0.2) is 28.0 Å². The van der Waals surface area contributed by atoms with Crippen molar-refractivity contribution < 1.29 is 5.48 Å².